The lowest BCUT2D eigenvalue weighted by Crippen LogP contribution is -2.16. The van der Waals surface area contributed by atoms with Crippen molar-refractivity contribution in [2.45, 2.75) is 20.0 Å². The number of nitrogens with zero attached hydrogens (tertiary/aromatic N) is 2. The van der Waals surface area contributed by atoms with Crippen molar-refractivity contribution >= 4 is 5.95 Å². The largest absolute Gasteiger partial charge is 0.392 e. The van der Waals surface area contributed by atoms with E-state index in [9.17, 15) is 0 Å². The van der Waals surface area contributed by atoms with Gasteiger partial charge in [0.15, 0.2) is 0 Å². The minimum atomic E-state index is -0.380. The van der Waals surface area contributed by atoms with Crippen molar-refractivity contribution in [1.82, 2.24) is 9.97 Å². The Morgan fingerprint density at radius 1 is 1.67 bits per heavy atom. The second kappa shape index (κ2) is 4.01. The smallest absolute Gasteiger partial charge is 0.222 e. The maximum Gasteiger partial charge on any atom is 0.222 e. The van der Waals surface area contributed by atoms with Crippen LogP contribution < -0.4 is 5.32 Å². The molecular formula is C8H13N3O. The molecule has 0 spiro atoms. The van der Waals surface area contributed by atoms with Gasteiger partial charge in [0.05, 0.1) is 6.10 Å². The molecule has 0 aliphatic heterocycles. The van der Waals surface area contributed by atoms with Crippen LogP contribution in [0, 0.1) is 6.92 Å². The Bertz CT molecular complexity index is 250. The van der Waals surface area contributed by atoms with Crippen molar-refractivity contribution in [3.63, 3.8) is 0 Å². The Balaban J connectivity index is 2.52. The van der Waals surface area contributed by atoms with Gasteiger partial charge in [-0.05, 0) is 19.9 Å². The SMILES string of the molecule is Cc1ccnc(NCC(C)O)n1. The van der Waals surface area contributed by atoms with Crippen LogP contribution in [0.5, 0.6) is 0 Å². The zero-order valence-corrected chi connectivity index (χ0v) is 7.28. The van der Waals surface area contributed by atoms with E-state index in [0.717, 1.165) is 5.69 Å². The topological polar surface area (TPSA) is 58.0 Å². The number of hydrogen-bond acceptors (Lipinski definition) is 4. The maximum absolute atomic E-state index is 8.96. The highest BCUT2D eigenvalue weighted by molar-refractivity contribution is 5.24. The van der Waals surface area contributed by atoms with Gasteiger partial charge < -0.3 is 10.4 Å². The van der Waals surface area contributed by atoms with Crippen LogP contribution in [0.2, 0.25) is 0 Å². The predicted molar refractivity (Wildman–Crippen MR) is 46.9 cm³/mol. The highest BCUT2D eigenvalue weighted by Crippen LogP contribution is 1.98. The summed E-state index contributed by atoms with van der Waals surface area (Å²) in [5.41, 5.74) is 0.915. The molecule has 0 aromatic carbocycles. The monoisotopic (exact) mass is 167 g/mol. The summed E-state index contributed by atoms with van der Waals surface area (Å²) in [4.78, 5) is 8.09. The van der Waals surface area contributed by atoms with Gasteiger partial charge in [0.25, 0.3) is 0 Å². The Morgan fingerprint density at radius 3 is 3.00 bits per heavy atom. The van der Waals surface area contributed by atoms with E-state index in [2.05, 4.69) is 15.3 Å². The average molecular weight is 167 g/mol. The molecule has 1 atom stereocenters. The first-order chi connectivity index (χ1) is 5.68. The molecule has 4 nitrogen and oxygen atoms in total. The summed E-state index contributed by atoms with van der Waals surface area (Å²) in [5.74, 6) is 0.566. The van der Waals surface area contributed by atoms with Gasteiger partial charge in [0.2, 0.25) is 5.95 Å². The standard InChI is InChI=1S/C8H13N3O/c1-6-3-4-9-8(11-6)10-5-7(2)12/h3-4,7,12H,5H2,1-2H3,(H,9,10,11). The third kappa shape index (κ3) is 2.84. The number of aliphatic hydroxyl groups excluding tert-OH is 1. The van der Waals surface area contributed by atoms with Gasteiger partial charge in [-0.1, -0.05) is 0 Å². The van der Waals surface area contributed by atoms with E-state index >= 15 is 0 Å². The average Bonchev–Trinajstić information content (AvgIpc) is 2.01. The highest BCUT2D eigenvalue weighted by atomic mass is 16.3. The predicted octanol–water partition coefficient (Wildman–Crippen LogP) is 0.578. The maximum atomic E-state index is 8.96. The van der Waals surface area contributed by atoms with Gasteiger partial charge >= 0.3 is 0 Å². The van der Waals surface area contributed by atoms with Crippen LogP contribution in [-0.2, 0) is 0 Å². The molecule has 1 rings (SSSR count). The quantitative estimate of drug-likeness (QED) is 0.691. The third-order valence-corrected chi connectivity index (χ3v) is 1.35. The summed E-state index contributed by atoms with van der Waals surface area (Å²) in [6.07, 6.45) is 1.31. The molecule has 1 unspecified atom stereocenters. The minimum Gasteiger partial charge on any atom is -0.392 e. The Morgan fingerprint density at radius 2 is 2.42 bits per heavy atom. The fourth-order valence-corrected chi connectivity index (χ4v) is 0.773. The van der Waals surface area contributed by atoms with Gasteiger partial charge in [-0.2, -0.15) is 0 Å². The molecule has 0 aliphatic rings. The van der Waals surface area contributed by atoms with Crippen LogP contribution in [0.4, 0.5) is 5.95 Å². The zero-order valence-electron chi connectivity index (χ0n) is 7.28. The fraction of sp³-hybridized carbons (Fsp3) is 0.500. The zero-order chi connectivity index (χ0) is 8.97. The molecule has 0 saturated heterocycles. The molecule has 12 heavy (non-hydrogen) atoms. The van der Waals surface area contributed by atoms with Crippen molar-refractivity contribution < 1.29 is 5.11 Å². The van der Waals surface area contributed by atoms with Crippen molar-refractivity contribution in [3.05, 3.63) is 18.0 Å². The fourth-order valence-electron chi connectivity index (χ4n) is 0.773. The van der Waals surface area contributed by atoms with E-state index in [1.807, 2.05) is 13.0 Å². The molecule has 4 heteroatoms. The van der Waals surface area contributed by atoms with E-state index in [1.54, 1.807) is 13.1 Å². The van der Waals surface area contributed by atoms with E-state index in [-0.39, 0.29) is 6.10 Å². The summed E-state index contributed by atoms with van der Waals surface area (Å²) in [7, 11) is 0. The Labute approximate surface area is 71.7 Å². The number of aliphatic hydroxyl groups is 1. The number of anilines is 1. The van der Waals surface area contributed by atoms with Gasteiger partial charge in [-0.25, -0.2) is 9.97 Å². The molecular weight excluding hydrogens is 154 g/mol. The molecule has 0 fully saturated rings. The molecule has 1 aromatic heterocycles. The molecule has 66 valence electrons. The van der Waals surface area contributed by atoms with E-state index in [4.69, 9.17) is 5.11 Å². The molecule has 2 N–H and O–H groups in total. The highest BCUT2D eigenvalue weighted by Gasteiger charge is 1.97. The Kier molecular flexibility index (Phi) is 2.99. The second-order valence-electron chi connectivity index (χ2n) is 2.75. The third-order valence-electron chi connectivity index (χ3n) is 1.35. The lowest BCUT2D eigenvalue weighted by atomic mass is 10.4. The molecule has 0 saturated carbocycles. The van der Waals surface area contributed by atoms with Crippen molar-refractivity contribution in [2.75, 3.05) is 11.9 Å². The molecule has 0 bridgehead atoms. The van der Waals surface area contributed by atoms with Crippen molar-refractivity contribution in [1.29, 1.82) is 0 Å². The van der Waals surface area contributed by atoms with E-state index in [1.165, 1.54) is 0 Å². The van der Waals surface area contributed by atoms with Gasteiger partial charge in [-0.15, -0.1) is 0 Å². The van der Waals surface area contributed by atoms with Crippen molar-refractivity contribution in [2.24, 2.45) is 0 Å². The first-order valence-corrected chi connectivity index (χ1v) is 3.90. The lowest BCUT2D eigenvalue weighted by Gasteiger charge is -2.06. The normalized spacial score (nSPS) is 12.6. The first-order valence-electron chi connectivity index (χ1n) is 3.90. The molecule has 0 radical (unpaired) electrons. The summed E-state index contributed by atoms with van der Waals surface area (Å²) in [5, 5.41) is 11.9. The summed E-state index contributed by atoms with van der Waals surface area (Å²) in [6.45, 7) is 4.08. The number of nitrogens with one attached hydrogen (secondary N) is 1. The number of hydrogen-bond donors (Lipinski definition) is 2. The van der Waals surface area contributed by atoms with E-state index < -0.39 is 0 Å². The van der Waals surface area contributed by atoms with Crippen LogP contribution in [0.3, 0.4) is 0 Å². The van der Waals surface area contributed by atoms with Crippen molar-refractivity contribution in [3.8, 4) is 0 Å². The number of aromatic nitrogens is 2. The summed E-state index contributed by atoms with van der Waals surface area (Å²) in [6, 6.07) is 1.83. The van der Waals surface area contributed by atoms with Gasteiger partial charge in [-0.3, -0.25) is 0 Å². The van der Waals surface area contributed by atoms with Crippen LogP contribution >= 0.6 is 0 Å². The lowest BCUT2D eigenvalue weighted by molar-refractivity contribution is 0.208. The number of rotatable bonds is 3. The minimum absolute atomic E-state index is 0.380. The van der Waals surface area contributed by atoms with E-state index in [0.29, 0.717) is 12.5 Å². The second-order valence-corrected chi connectivity index (χ2v) is 2.75. The van der Waals surface area contributed by atoms with Gasteiger partial charge in [0.1, 0.15) is 0 Å². The summed E-state index contributed by atoms with van der Waals surface area (Å²) < 4.78 is 0. The van der Waals surface area contributed by atoms with Crippen LogP contribution in [0.25, 0.3) is 0 Å². The summed E-state index contributed by atoms with van der Waals surface area (Å²) >= 11 is 0. The number of aryl methyl sites for hydroxylation is 1. The van der Waals surface area contributed by atoms with Crippen LogP contribution in [0.1, 0.15) is 12.6 Å². The Hall–Kier alpha value is -1.16. The molecule has 0 amide bonds. The van der Waals surface area contributed by atoms with Crippen LogP contribution in [0.15, 0.2) is 12.3 Å². The van der Waals surface area contributed by atoms with Crippen LogP contribution in [-0.4, -0.2) is 27.7 Å². The molecule has 1 heterocycles. The van der Waals surface area contributed by atoms with Gasteiger partial charge in [0, 0.05) is 18.4 Å². The first kappa shape index (κ1) is 8.93. The molecule has 0 aliphatic carbocycles. The molecule has 1 aromatic rings.